The molecule has 0 saturated heterocycles. The van der Waals surface area contributed by atoms with Gasteiger partial charge in [-0.1, -0.05) is 59.4 Å². The van der Waals surface area contributed by atoms with Crippen LogP contribution in [0.25, 0.3) is 21.2 Å². The van der Waals surface area contributed by atoms with Gasteiger partial charge in [0.15, 0.2) is 10.6 Å². The second kappa shape index (κ2) is 6.87. The molecule has 156 valence electrons. The van der Waals surface area contributed by atoms with E-state index in [1.807, 2.05) is 50.2 Å². The van der Waals surface area contributed by atoms with E-state index >= 15 is 0 Å². The smallest absolute Gasteiger partial charge is 0.297 e. The first-order chi connectivity index (χ1) is 15.5. The third-order valence-electron chi connectivity index (χ3n) is 5.91. The molecule has 1 atom stereocenters. The minimum atomic E-state index is -0.597. The monoisotopic (exact) mass is 438 g/mol. The zero-order valence-corrected chi connectivity index (χ0v) is 18.3. The SMILES string of the molecule is Cc1ccc(C2c3c(oc4ccccc4c3=O)C(=O)N2c2nc3ccc(C)cc3s2)cc1. The summed E-state index contributed by atoms with van der Waals surface area (Å²) in [5.74, 6) is -0.251. The Labute approximate surface area is 187 Å². The van der Waals surface area contributed by atoms with Crippen molar-refractivity contribution in [3.8, 4) is 0 Å². The quantitative estimate of drug-likeness (QED) is 0.351. The molecule has 0 saturated carbocycles. The predicted octanol–water partition coefficient (Wildman–Crippen LogP) is 5.77. The summed E-state index contributed by atoms with van der Waals surface area (Å²) in [6.07, 6.45) is 0. The van der Waals surface area contributed by atoms with E-state index in [1.54, 1.807) is 29.2 Å². The molecule has 1 aliphatic rings. The summed E-state index contributed by atoms with van der Waals surface area (Å²) >= 11 is 1.45. The Morgan fingerprint density at radius 1 is 0.938 bits per heavy atom. The van der Waals surface area contributed by atoms with Gasteiger partial charge in [0.25, 0.3) is 5.91 Å². The van der Waals surface area contributed by atoms with Gasteiger partial charge in [0.1, 0.15) is 5.58 Å². The number of hydrogen-bond acceptors (Lipinski definition) is 5. The molecule has 3 aromatic carbocycles. The number of fused-ring (bicyclic) bond motifs is 3. The lowest BCUT2D eigenvalue weighted by Gasteiger charge is -2.22. The minimum Gasteiger partial charge on any atom is -0.450 e. The molecule has 5 aromatic rings. The van der Waals surface area contributed by atoms with E-state index in [9.17, 15) is 9.59 Å². The largest absolute Gasteiger partial charge is 0.450 e. The number of aromatic nitrogens is 1. The Balaban J connectivity index is 1.64. The zero-order chi connectivity index (χ0) is 22.0. The zero-order valence-electron chi connectivity index (χ0n) is 17.5. The lowest BCUT2D eigenvalue weighted by atomic mass is 9.98. The molecule has 0 N–H and O–H groups in total. The molecule has 0 spiro atoms. The fraction of sp³-hybridized carbons (Fsp3) is 0.115. The highest BCUT2D eigenvalue weighted by atomic mass is 32.1. The summed E-state index contributed by atoms with van der Waals surface area (Å²) in [4.78, 5) is 33.6. The molecule has 0 aliphatic carbocycles. The highest BCUT2D eigenvalue weighted by Gasteiger charge is 2.44. The first-order valence-corrected chi connectivity index (χ1v) is 11.2. The van der Waals surface area contributed by atoms with Crippen molar-refractivity contribution in [2.75, 3.05) is 4.90 Å². The number of amides is 1. The van der Waals surface area contributed by atoms with Gasteiger partial charge >= 0.3 is 0 Å². The highest BCUT2D eigenvalue weighted by molar-refractivity contribution is 7.22. The minimum absolute atomic E-state index is 0.0923. The molecule has 1 aliphatic heterocycles. The van der Waals surface area contributed by atoms with Crippen LogP contribution in [0.4, 0.5) is 5.13 Å². The number of rotatable bonds is 2. The molecule has 5 nitrogen and oxygen atoms in total. The summed E-state index contributed by atoms with van der Waals surface area (Å²) in [5.41, 5.74) is 4.50. The van der Waals surface area contributed by atoms with E-state index in [1.165, 1.54) is 11.3 Å². The van der Waals surface area contributed by atoms with E-state index in [-0.39, 0.29) is 17.1 Å². The van der Waals surface area contributed by atoms with Gasteiger partial charge in [-0.15, -0.1) is 0 Å². The third-order valence-corrected chi connectivity index (χ3v) is 6.93. The number of para-hydroxylation sites is 1. The molecule has 32 heavy (non-hydrogen) atoms. The number of carbonyl (C=O) groups excluding carboxylic acids is 1. The molecule has 0 radical (unpaired) electrons. The summed E-state index contributed by atoms with van der Waals surface area (Å²) in [5, 5.41) is 1.02. The van der Waals surface area contributed by atoms with Crippen molar-refractivity contribution >= 4 is 43.6 Å². The molecular formula is C26H18N2O3S. The summed E-state index contributed by atoms with van der Waals surface area (Å²) in [6, 6.07) is 20.4. The highest BCUT2D eigenvalue weighted by Crippen LogP contribution is 2.43. The van der Waals surface area contributed by atoms with Crippen molar-refractivity contribution in [2.45, 2.75) is 19.9 Å². The number of nitrogens with zero attached hydrogens (tertiary/aromatic N) is 2. The molecule has 2 aromatic heterocycles. The average Bonchev–Trinajstić information content (AvgIpc) is 3.33. The number of hydrogen-bond donors (Lipinski definition) is 0. The fourth-order valence-electron chi connectivity index (χ4n) is 4.30. The van der Waals surface area contributed by atoms with E-state index < -0.39 is 6.04 Å². The van der Waals surface area contributed by atoms with Crippen LogP contribution in [0.5, 0.6) is 0 Å². The molecular weight excluding hydrogens is 420 g/mol. The molecule has 1 unspecified atom stereocenters. The van der Waals surface area contributed by atoms with Crippen molar-refractivity contribution in [3.63, 3.8) is 0 Å². The Morgan fingerprint density at radius 2 is 1.69 bits per heavy atom. The van der Waals surface area contributed by atoms with Crippen LogP contribution in [0, 0.1) is 13.8 Å². The van der Waals surface area contributed by atoms with Crippen LogP contribution in [-0.4, -0.2) is 10.9 Å². The van der Waals surface area contributed by atoms with Gasteiger partial charge in [-0.25, -0.2) is 4.98 Å². The van der Waals surface area contributed by atoms with Gasteiger partial charge in [-0.3, -0.25) is 14.5 Å². The molecule has 0 bridgehead atoms. The lowest BCUT2D eigenvalue weighted by Crippen LogP contribution is -2.29. The van der Waals surface area contributed by atoms with Crippen molar-refractivity contribution in [1.29, 1.82) is 0 Å². The summed E-state index contributed by atoms with van der Waals surface area (Å²) < 4.78 is 7.00. The van der Waals surface area contributed by atoms with E-state index in [2.05, 4.69) is 6.07 Å². The summed E-state index contributed by atoms with van der Waals surface area (Å²) in [7, 11) is 0. The standard InChI is InChI=1S/C26H18N2O3S/c1-14-7-10-16(11-8-14)22-21-23(29)17-5-3-4-6-19(17)31-24(21)25(30)28(22)26-27-18-12-9-15(2)13-20(18)32-26/h3-13,22H,1-2H3. The maximum Gasteiger partial charge on any atom is 0.297 e. The molecule has 6 rings (SSSR count). The molecule has 1 amide bonds. The Kier molecular flexibility index (Phi) is 4.07. The van der Waals surface area contributed by atoms with Crippen LogP contribution in [0.2, 0.25) is 0 Å². The molecule has 6 heteroatoms. The Hall–Kier alpha value is -3.77. The van der Waals surface area contributed by atoms with E-state index in [0.717, 1.165) is 26.9 Å². The van der Waals surface area contributed by atoms with Gasteiger partial charge in [-0.05, 0) is 49.2 Å². The van der Waals surface area contributed by atoms with Gasteiger partial charge in [0.2, 0.25) is 5.76 Å². The van der Waals surface area contributed by atoms with Crippen molar-refractivity contribution in [1.82, 2.24) is 4.98 Å². The van der Waals surface area contributed by atoms with Crippen LogP contribution in [-0.2, 0) is 0 Å². The molecule has 3 heterocycles. The van der Waals surface area contributed by atoms with Crippen LogP contribution in [0.3, 0.4) is 0 Å². The second-order valence-electron chi connectivity index (χ2n) is 8.13. The lowest BCUT2D eigenvalue weighted by molar-refractivity contribution is 0.0971. The topological polar surface area (TPSA) is 63.4 Å². The predicted molar refractivity (Wildman–Crippen MR) is 127 cm³/mol. The normalized spacial score (nSPS) is 15.6. The first kappa shape index (κ1) is 19.0. The molecule has 0 fully saturated rings. The van der Waals surface area contributed by atoms with Crippen molar-refractivity contribution in [3.05, 3.63) is 105 Å². The first-order valence-electron chi connectivity index (χ1n) is 10.3. The number of thiazole rings is 1. The Morgan fingerprint density at radius 3 is 2.50 bits per heavy atom. The fourth-order valence-corrected chi connectivity index (χ4v) is 5.39. The van der Waals surface area contributed by atoms with Gasteiger partial charge in [0.05, 0.1) is 27.2 Å². The van der Waals surface area contributed by atoms with E-state index in [4.69, 9.17) is 9.40 Å². The van der Waals surface area contributed by atoms with Crippen LogP contribution < -0.4 is 10.3 Å². The van der Waals surface area contributed by atoms with Gasteiger partial charge in [-0.2, -0.15) is 0 Å². The number of anilines is 1. The number of aryl methyl sites for hydroxylation is 2. The van der Waals surface area contributed by atoms with E-state index in [0.29, 0.717) is 21.7 Å². The maximum atomic E-state index is 13.6. The van der Waals surface area contributed by atoms with Crippen molar-refractivity contribution in [2.24, 2.45) is 0 Å². The number of benzene rings is 3. The number of carbonyl (C=O) groups is 1. The van der Waals surface area contributed by atoms with Crippen LogP contribution in [0.1, 0.15) is 38.9 Å². The van der Waals surface area contributed by atoms with Gasteiger partial charge in [0, 0.05) is 0 Å². The third kappa shape index (κ3) is 2.73. The Bertz CT molecular complexity index is 1600. The summed E-state index contributed by atoms with van der Waals surface area (Å²) in [6.45, 7) is 4.03. The van der Waals surface area contributed by atoms with Gasteiger partial charge < -0.3 is 4.42 Å². The van der Waals surface area contributed by atoms with Crippen molar-refractivity contribution < 1.29 is 9.21 Å². The second-order valence-corrected chi connectivity index (χ2v) is 9.14. The van der Waals surface area contributed by atoms with Crippen LogP contribution in [0.15, 0.2) is 75.9 Å². The average molecular weight is 439 g/mol. The van der Waals surface area contributed by atoms with Crippen LogP contribution >= 0.6 is 11.3 Å². The maximum absolute atomic E-state index is 13.6.